The number of benzene rings is 2. The van der Waals surface area contributed by atoms with Crippen LogP contribution in [0.15, 0.2) is 59.7 Å². The van der Waals surface area contributed by atoms with Gasteiger partial charge in [-0.25, -0.2) is 9.67 Å². The molecule has 0 saturated heterocycles. The quantitative estimate of drug-likeness (QED) is 0.412. The van der Waals surface area contributed by atoms with Gasteiger partial charge in [-0.2, -0.15) is 10.2 Å². The van der Waals surface area contributed by atoms with E-state index < -0.39 is 0 Å². The number of hydrogen-bond donors (Lipinski definition) is 1. The second-order valence-corrected chi connectivity index (χ2v) is 6.78. The summed E-state index contributed by atoms with van der Waals surface area (Å²) in [4.78, 5) is 4.48. The number of hydrazone groups is 1. The Kier molecular flexibility index (Phi) is 4.21. The summed E-state index contributed by atoms with van der Waals surface area (Å²) in [7, 11) is 0. The number of para-hydroxylation sites is 2. The van der Waals surface area contributed by atoms with Crippen molar-refractivity contribution in [2.24, 2.45) is 5.10 Å². The summed E-state index contributed by atoms with van der Waals surface area (Å²) in [6.45, 7) is 1.91. The van der Waals surface area contributed by atoms with Crippen LogP contribution in [-0.4, -0.2) is 21.0 Å². The summed E-state index contributed by atoms with van der Waals surface area (Å²) in [6, 6.07) is 17.7. The summed E-state index contributed by atoms with van der Waals surface area (Å²) in [6.07, 6.45) is 1.68. The highest BCUT2D eigenvalue weighted by Crippen LogP contribution is 2.26. The Bertz CT molecular complexity index is 1020. The molecule has 0 amide bonds. The summed E-state index contributed by atoms with van der Waals surface area (Å²) in [5.74, 6) is 0. The lowest BCUT2D eigenvalue weighted by molar-refractivity contribution is 0.863. The third-order valence-corrected chi connectivity index (χ3v) is 5.00. The van der Waals surface area contributed by atoms with Crippen molar-refractivity contribution in [1.82, 2.24) is 14.8 Å². The van der Waals surface area contributed by atoms with Crippen LogP contribution in [-0.2, 0) is 0 Å². The van der Waals surface area contributed by atoms with Crippen LogP contribution < -0.4 is 5.43 Å². The van der Waals surface area contributed by atoms with E-state index in [1.165, 1.54) is 0 Å². The van der Waals surface area contributed by atoms with Crippen LogP contribution >= 0.6 is 22.9 Å². The second-order valence-electron chi connectivity index (χ2n) is 5.39. The average molecular weight is 368 g/mol. The molecule has 4 aromatic rings. The molecule has 0 fully saturated rings. The Morgan fingerprint density at radius 2 is 1.88 bits per heavy atom. The summed E-state index contributed by atoms with van der Waals surface area (Å²) in [5.41, 5.74) is 6.42. The molecule has 0 atom stereocenters. The summed E-state index contributed by atoms with van der Waals surface area (Å²) < 4.78 is 2.82. The topological polar surface area (TPSA) is 55.1 Å². The number of rotatable bonds is 4. The first-order valence-electron chi connectivity index (χ1n) is 7.67. The van der Waals surface area contributed by atoms with Gasteiger partial charge in [-0.1, -0.05) is 53.3 Å². The minimum Gasteiger partial charge on any atom is -0.253 e. The molecular formula is C18H14ClN5S. The maximum Gasteiger partial charge on any atom is 0.204 e. The Balaban J connectivity index is 1.58. The first-order chi connectivity index (χ1) is 12.2. The average Bonchev–Trinajstić information content (AvgIpc) is 3.17. The summed E-state index contributed by atoms with van der Waals surface area (Å²) in [5, 5.41) is 10.0. The number of thiazole rings is 1. The van der Waals surface area contributed by atoms with Crippen LogP contribution in [0.5, 0.6) is 0 Å². The smallest absolute Gasteiger partial charge is 0.204 e. The normalized spacial score (nSPS) is 11.4. The predicted molar refractivity (Wildman–Crippen MR) is 104 cm³/mol. The van der Waals surface area contributed by atoms with Gasteiger partial charge in [0, 0.05) is 0 Å². The highest BCUT2D eigenvalue weighted by molar-refractivity contribution is 7.22. The number of halogens is 1. The van der Waals surface area contributed by atoms with Crippen molar-refractivity contribution >= 4 is 44.5 Å². The lowest BCUT2D eigenvalue weighted by atomic mass is 10.3. The standard InChI is InChI=1S/C18H14ClN5S/c1-12-14(17(19)24(23-12)13-7-3-2-4-8-13)11-20-22-18-21-15-9-5-6-10-16(15)25-18/h2-11H,1H3,(H,21,22). The highest BCUT2D eigenvalue weighted by atomic mass is 35.5. The second kappa shape index (κ2) is 6.66. The van der Waals surface area contributed by atoms with E-state index in [-0.39, 0.29) is 0 Å². The van der Waals surface area contributed by atoms with E-state index in [2.05, 4.69) is 20.6 Å². The molecule has 4 rings (SSSR count). The van der Waals surface area contributed by atoms with Gasteiger partial charge in [-0.15, -0.1) is 0 Å². The molecule has 0 aliphatic heterocycles. The van der Waals surface area contributed by atoms with Crippen molar-refractivity contribution in [2.75, 3.05) is 5.43 Å². The lowest BCUT2D eigenvalue weighted by Gasteiger charge is -2.01. The Morgan fingerprint density at radius 1 is 1.12 bits per heavy atom. The fourth-order valence-electron chi connectivity index (χ4n) is 2.47. The van der Waals surface area contributed by atoms with Crippen LogP contribution in [0.25, 0.3) is 15.9 Å². The molecule has 5 nitrogen and oxygen atoms in total. The lowest BCUT2D eigenvalue weighted by Crippen LogP contribution is -1.96. The molecule has 0 spiro atoms. The first kappa shape index (κ1) is 15.8. The van der Waals surface area contributed by atoms with E-state index in [4.69, 9.17) is 11.6 Å². The van der Waals surface area contributed by atoms with Gasteiger partial charge in [-0.05, 0) is 31.2 Å². The van der Waals surface area contributed by atoms with Crippen LogP contribution in [0, 0.1) is 6.92 Å². The SMILES string of the molecule is Cc1nn(-c2ccccc2)c(Cl)c1C=NNc1nc2ccccc2s1. The maximum absolute atomic E-state index is 6.48. The Morgan fingerprint density at radius 3 is 2.68 bits per heavy atom. The number of nitrogens with zero attached hydrogens (tertiary/aromatic N) is 4. The molecule has 7 heteroatoms. The van der Waals surface area contributed by atoms with E-state index in [1.54, 1.807) is 22.2 Å². The number of aromatic nitrogens is 3. The van der Waals surface area contributed by atoms with Gasteiger partial charge < -0.3 is 0 Å². The highest BCUT2D eigenvalue weighted by Gasteiger charge is 2.13. The van der Waals surface area contributed by atoms with Crippen molar-refractivity contribution in [3.05, 3.63) is 71.0 Å². The fourth-order valence-corrected chi connectivity index (χ4v) is 3.61. The number of anilines is 1. The van der Waals surface area contributed by atoms with Crippen molar-refractivity contribution in [3.63, 3.8) is 0 Å². The largest absolute Gasteiger partial charge is 0.253 e. The van der Waals surface area contributed by atoms with Gasteiger partial charge in [0.15, 0.2) is 0 Å². The van der Waals surface area contributed by atoms with Gasteiger partial charge in [0.25, 0.3) is 0 Å². The van der Waals surface area contributed by atoms with Gasteiger partial charge in [0.05, 0.1) is 33.4 Å². The predicted octanol–water partition coefficient (Wildman–Crippen LogP) is 4.89. The van der Waals surface area contributed by atoms with E-state index in [9.17, 15) is 0 Å². The fraction of sp³-hybridized carbons (Fsp3) is 0.0556. The number of hydrogen-bond acceptors (Lipinski definition) is 5. The van der Waals surface area contributed by atoms with Gasteiger partial charge in [0.2, 0.25) is 5.13 Å². The molecule has 0 aliphatic carbocycles. The third kappa shape index (κ3) is 3.14. The van der Waals surface area contributed by atoms with Crippen LogP contribution in [0.2, 0.25) is 5.15 Å². The van der Waals surface area contributed by atoms with E-state index in [0.29, 0.717) is 5.15 Å². The van der Waals surface area contributed by atoms with Gasteiger partial charge in [-0.3, -0.25) is 5.43 Å². The molecule has 25 heavy (non-hydrogen) atoms. The molecule has 2 heterocycles. The molecule has 0 aliphatic rings. The van der Waals surface area contributed by atoms with Crippen LogP contribution in [0.4, 0.5) is 5.13 Å². The number of nitrogens with one attached hydrogen (secondary N) is 1. The molecular weight excluding hydrogens is 354 g/mol. The number of aryl methyl sites for hydroxylation is 1. The molecule has 2 aromatic carbocycles. The molecule has 1 N–H and O–H groups in total. The molecule has 124 valence electrons. The van der Waals surface area contributed by atoms with E-state index in [1.807, 2.05) is 61.5 Å². The van der Waals surface area contributed by atoms with Crippen LogP contribution in [0.1, 0.15) is 11.3 Å². The van der Waals surface area contributed by atoms with Crippen molar-refractivity contribution in [3.8, 4) is 5.69 Å². The minimum absolute atomic E-state index is 0.526. The molecule has 0 bridgehead atoms. The Hall–Kier alpha value is -2.70. The van der Waals surface area contributed by atoms with Crippen LogP contribution in [0.3, 0.4) is 0 Å². The maximum atomic E-state index is 6.48. The minimum atomic E-state index is 0.526. The molecule has 0 radical (unpaired) electrons. The van der Waals surface area contributed by atoms with E-state index >= 15 is 0 Å². The third-order valence-electron chi connectivity index (χ3n) is 3.70. The zero-order chi connectivity index (χ0) is 17.2. The van der Waals surface area contributed by atoms with E-state index in [0.717, 1.165) is 32.3 Å². The van der Waals surface area contributed by atoms with Crippen molar-refractivity contribution in [2.45, 2.75) is 6.92 Å². The first-order valence-corrected chi connectivity index (χ1v) is 8.87. The zero-order valence-corrected chi connectivity index (χ0v) is 14.9. The molecule has 0 saturated carbocycles. The van der Waals surface area contributed by atoms with Gasteiger partial charge in [0.1, 0.15) is 5.15 Å². The molecule has 2 aromatic heterocycles. The van der Waals surface area contributed by atoms with Crippen molar-refractivity contribution in [1.29, 1.82) is 0 Å². The van der Waals surface area contributed by atoms with Crippen molar-refractivity contribution < 1.29 is 0 Å². The number of fused-ring (bicyclic) bond motifs is 1. The zero-order valence-electron chi connectivity index (χ0n) is 13.3. The monoisotopic (exact) mass is 367 g/mol. The molecule has 0 unspecified atom stereocenters. The summed E-state index contributed by atoms with van der Waals surface area (Å²) >= 11 is 8.03. The van der Waals surface area contributed by atoms with Gasteiger partial charge >= 0.3 is 0 Å². The Labute approximate surface area is 153 Å².